The number of oxime groups is 1. The molecule has 1 unspecified atom stereocenters. The van der Waals surface area contributed by atoms with Crippen LogP contribution in [0.4, 0.5) is 5.69 Å². The van der Waals surface area contributed by atoms with Crippen LogP contribution in [0.5, 0.6) is 0 Å². The number of hydrogen-bond donors (Lipinski definition) is 1. The number of rotatable bonds is 5. The van der Waals surface area contributed by atoms with Crippen molar-refractivity contribution in [1.82, 2.24) is 9.21 Å². The summed E-state index contributed by atoms with van der Waals surface area (Å²) in [6.45, 7) is 2.26. The second-order valence-corrected chi connectivity index (χ2v) is 10.8. The maximum absolute atomic E-state index is 12.9. The highest BCUT2D eigenvalue weighted by molar-refractivity contribution is 7.89. The van der Waals surface area contributed by atoms with E-state index in [2.05, 4.69) is 15.4 Å². The van der Waals surface area contributed by atoms with Crippen molar-refractivity contribution in [2.45, 2.75) is 17.4 Å². The Hall–Kier alpha value is -1.98. The highest BCUT2D eigenvalue weighted by Crippen LogP contribution is 2.27. The van der Waals surface area contributed by atoms with Crippen LogP contribution >= 0.6 is 22.9 Å². The van der Waals surface area contributed by atoms with E-state index in [0.29, 0.717) is 48.3 Å². The van der Waals surface area contributed by atoms with Crippen LogP contribution in [-0.4, -0.2) is 68.6 Å². The average molecular weight is 469 g/mol. The fourth-order valence-corrected chi connectivity index (χ4v) is 5.77. The van der Waals surface area contributed by atoms with E-state index in [1.54, 1.807) is 18.2 Å². The van der Waals surface area contributed by atoms with Gasteiger partial charge in [0, 0.05) is 38.3 Å². The molecule has 1 fully saturated rings. The summed E-state index contributed by atoms with van der Waals surface area (Å²) in [5.41, 5.74) is 1.06. The molecule has 8 nitrogen and oxygen atoms in total. The van der Waals surface area contributed by atoms with Gasteiger partial charge in [-0.05, 0) is 37.4 Å². The molecule has 0 spiro atoms. The molecular formula is C19H21ClN4O4S2. The monoisotopic (exact) mass is 468 g/mol. The molecule has 4 rings (SSSR count). The molecule has 1 N–H and O–H groups in total. The third-order valence-corrected chi connectivity index (χ3v) is 8.20. The largest absolute Gasteiger partial charge is 0.382 e. The van der Waals surface area contributed by atoms with Gasteiger partial charge in [-0.1, -0.05) is 22.8 Å². The van der Waals surface area contributed by atoms with Crippen molar-refractivity contribution in [3.63, 3.8) is 0 Å². The molecule has 0 aliphatic carbocycles. The van der Waals surface area contributed by atoms with Crippen molar-refractivity contribution >= 4 is 50.3 Å². The van der Waals surface area contributed by atoms with Crippen molar-refractivity contribution in [3.05, 3.63) is 45.6 Å². The van der Waals surface area contributed by atoms with Gasteiger partial charge in [-0.3, -0.25) is 4.79 Å². The van der Waals surface area contributed by atoms with Crippen LogP contribution in [0.3, 0.4) is 0 Å². The molecule has 1 atom stereocenters. The summed E-state index contributed by atoms with van der Waals surface area (Å²) in [7, 11) is -1.65. The topological polar surface area (TPSA) is 91.3 Å². The number of sulfonamides is 1. The number of hydrogen-bond acceptors (Lipinski definition) is 7. The molecule has 30 heavy (non-hydrogen) atoms. The summed E-state index contributed by atoms with van der Waals surface area (Å²) >= 11 is 7.32. The number of nitrogens with one attached hydrogen (secondary N) is 1. The maximum atomic E-state index is 12.9. The molecule has 3 heterocycles. The Bertz CT molecular complexity index is 1080. The van der Waals surface area contributed by atoms with Gasteiger partial charge in [0.25, 0.3) is 5.91 Å². The first kappa shape index (κ1) is 21.3. The number of halogens is 1. The van der Waals surface area contributed by atoms with Gasteiger partial charge in [-0.2, -0.15) is 4.31 Å². The van der Waals surface area contributed by atoms with Crippen LogP contribution in [0.1, 0.15) is 11.3 Å². The van der Waals surface area contributed by atoms with Gasteiger partial charge in [0.15, 0.2) is 0 Å². The minimum atomic E-state index is -3.61. The Morgan fingerprint density at radius 3 is 2.70 bits per heavy atom. The quantitative estimate of drug-likeness (QED) is 0.727. The van der Waals surface area contributed by atoms with Crippen LogP contribution < -0.4 is 5.32 Å². The van der Waals surface area contributed by atoms with Crippen LogP contribution in [-0.2, 0) is 19.7 Å². The fraction of sp³-hybridized carbons (Fsp3) is 0.368. The summed E-state index contributed by atoms with van der Waals surface area (Å²) in [5.74, 6) is -0.384. The zero-order valence-electron chi connectivity index (χ0n) is 16.2. The molecule has 1 saturated heterocycles. The highest BCUT2D eigenvalue weighted by Gasteiger charge is 2.31. The Balaban J connectivity index is 1.41. The first-order valence-corrected chi connectivity index (χ1v) is 12.0. The zero-order chi connectivity index (χ0) is 21.3. The van der Waals surface area contributed by atoms with Gasteiger partial charge >= 0.3 is 0 Å². The molecule has 160 valence electrons. The van der Waals surface area contributed by atoms with E-state index in [9.17, 15) is 13.2 Å². The summed E-state index contributed by atoms with van der Waals surface area (Å²) in [4.78, 5) is 21.0. The molecule has 2 aliphatic heterocycles. The summed E-state index contributed by atoms with van der Waals surface area (Å²) in [6.07, 6.45) is -0.458. The van der Waals surface area contributed by atoms with Gasteiger partial charge in [-0.15, -0.1) is 11.3 Å². The van der Waals surface area contributed by atoms with Gasteiger partial charge in [0.2, 0.25) is 16.1 Å². The summed E-state index contributed by atoms with van der Waals surface area (Å²) < 4.78 is 28.0. The standard InChI is InChI=1S/C19H21ClN4O4S2/c1-23-7-9-24(10-8-23)30(26,27)14-4-2-3-13(11-14)21-19(25)16-12-15(22-28-16)17-5-6-18(20)29-17/h2-6,11,16H,7-10,12H2,1H3,(H,21,25). The van der Waals surface area contributed by atoms with Crippen molar-refractivity contribution in [3.8, 4) is 0 Å². The number of carbonyl (C=O) groups excluding carboxylic acids is 1. The predicted octanol–water partition coefficient (Wildman–Crippen LogP) is 2.47. The van der Waals surface area contributed by atoms with Gasteiger partial charge < -0.3 is 15.1 Å². The van der Waals surface area contributed by atoms with Gasteiger partial charge in [0.1, 0.15) is 5.71 Å². The lowest BCUT2D eigenvalue weighted by molar-refractivity contribution is -0.125. The number of nitrogens with zero attached hydrogens (tertiary/aromatic N) is 3. The van der Waals surface area contributed by atoms with Crippen LogP contribution in [0, 0.1) is 0 Å². The van der Waals surface area contributed by atoms with Crippen molar-refractivity contribution in [2.75, 3.05) is 38.5 Å². The summed E-state index contributed by atoms with van der Waals surface area (Å²) in [5, 5.41) is 6.72. The fourth-order valence-electron chi connectivity index (χ4n) is 3.27. The van der Waals surface area contributed by atoms with E-state index in [1.807, 2.05) is 13.1 Å². The molecule has 0 radical (unpaired) electrons. The molecule has 11 heteroatoms. The Kier molecular flexibility index (Phi) is 6.12. The molecule has 0 saturated carbocycles. The lowest BCUT2D eigenvalue weighted by Gasteiger charge is -2.31. The smallest absolute Gasteiger partial charge is 0.268 e. The van der Waals surface area contributed by atoms with E-state index >= 15 is 0 Å². The van der Waals surface area contributed by atoms with E-state index < -0.39 is 16.1 Å². The number of amides is 1. The van der Waals surface area contributed by atoms with Crippen molar-refractivity contribution in [2.24, 2.45) is 5.16 Å². The number of anilines is 1. The molecular weight excluding hydrogens is 448 g/mol. The first-order chi connectivity index (χ1) is 14.3. The number of benzene rings is 1. The lowest BCUT2D eigenvalue weighted by atomic mass is 10.1. The number of carbonyl (C=O) groups is 1. The van der Waals surface area contributed by atoms with Crippen molar-refractivity contribution in [1.29, 1.82) is 0 Å². The molecule has 2 aromatic rings. The summed E-state index contributed by atoms with van der Waals surface area (Å²) in [6, 6.07) is 9.88. The number of piperazine rings is 1. The molecule has 0 bridgehead atoms. The zero-order valence-corrected chi connectivity index (χ0v) is 18.6. The molecule has 1 amide bonds. The van der Waals surface area contributed by atoms with E-state index in [4.69, 9.17) is 16.4 Å². The Morgan fingerprint density at radius 2 is 2.00 bits per heavy atom. The maximum Gasteiger partial charge on any atom is 0.268 e. The second kappa shape index (κ2) is 8.64. The Morgan fingerprint density at radius 1 is 1.23 bits per heavy atom. The Labute approximate surface area is 184 Å². The second-order valence-electron chi connectivity index (χ2n) is 7.16. The van der Waals surface area contributed by atoms with Crippen LogP contribution in [0.25, 0.3) is 0 Å². The predicted molar refractivity (Wildman–Crippen MR) is 117 cm³/mol. The SMILES string of the molecule is CN1CCN(S(=O)(=O)c2cccc(NC(=O)C3CC(c4ccc(Cl)s4)=NO3)c2)CC1. The molecule has 2 aliphatic rings. The van der Waals surface area contributed by atoms with E-state index in [-0.39, 0.29) is 10.8 Å². The third-order valence-electron chi connectivity index (χ3n) is 5.02. The lowest BCUT2D eigenvalue weighted by Crippen LogP contribution is -2.47. The highest BCUT2D eigenvalue weighted by atomic mass is 35.5. The molecule has 1 aromatic carbocycles. The van der Waals surface area contributed by atoms with Gasteiger partial charge in [0.05, 0.1) is 14.1 Å². The minimum Gasteiger partial charge on any atom is -0.382 e. The normalized spacial score (nSPS) is 20.6. The number of thiophene rings is 1. The minimum absolute atomic E-state index is 0.155. The third kappa shape index (κ3) is 4.52. The van der Waals surface area contributed by atoms with E-state index in [1.165, 1.54) is 27.8 Å². The molecule has 1 aromatic heterocycles. The first-order valence-electron chi connectivity index (χ1n) is 9.41. The van der Waals surface area contributed by atoms with Crippen molar-refractivity contribution < 1.29 is 18.0 Å². The van der Waals surface area contributed by atoms with Gasteiger partial charge in [-0.25, -0.2) is 8.42 Å². The van der Waals surface area contributed by atoms with Crippen LogP contribution in [0.15, 0.2) is 46.4 Å². The van der Waals surface area contributed by atoms with Crippen LogP contribution in [0.2, 0.25) is 4.34 Å². The number of likely N-dealkylation sites (N-methyl/N-ethyl adjacent to an activating group) is 1. The average Bonchev–Trinajstić information content (AvgIpc) is 3.38. The van der Waals surface area contributed by atoms with E-state index in [0.717, 1.165) is 4.88 Å².